The third kappa shape index (κ3) is 3.26. The molecule has 106 valence electrons. The van der Waals surface area contributed by atoms with Gasteiger partial charge in [-0.3, -0.25) is 9.58 Å². The Bertz CT molecular complexity index is 462. The Morgan fingerprint density at radius 3 is 2.79 bits per heavy atom. The predicted molar refractivity (Wildman–Crippen MR) is 69.6 cm³/mol. The minimum atomic E-state index is -0.464. The largest absolute Gasteiger partial charge is 0.444 e. The highest BCUT2D eigenvalue weighted by Crippen LogP contribution is 2.24. The number of rotatable bonds is 3. The van der Waals surface area contributed by atoms with Gasteiger partial charge in [-0.25, -0.2) is 4.79 Å². The molecule has 1 aromatic heterocycles. The first-order chi connectivity index (χ1) is 8.90. The Hall–Kier alpha value is -1.56. The number of carbonyl (C=O) groups is 1. The van der Waals surface area contributed by atoms with E-state index in [-0.39, 0.29) is 6.09 Å². The summed E-state index contributed by atoms with van der Waals surface area (Å²) >= 11 is 0. The Labute approximate surface area is 113 Å². The average molecular weight is 267 g/mol. The molecule has 0 aliphatic carbocycles. The second-order valence-corrected chi connectivity index (χ2v) is 5.67. The number of carbonyl (C=O) groups excluding carboxylic acids is 1. The molecule has 0 bridgehead atoms. The first-order valence-corrected chi connectivity index (χ1v) is 6.41. The molecule has 0 unspecified atom stereocenters. The van der Waals surface area contributed by atoms with Crippen molar-refractivity contribution in [1.29, 1.82) is 0 Å². The van der Waals surface area contributed by atoms with Crippen LogP contribution in [0.3, 0.4) is 0 Å². The van der Waals surface area contributed by atoms with Crippen LogP contribution in [0.1, 0.15) is 32.0 Å². The monoisotopic (exact) mass is 267 g/mol. The molecule has 0 fully saturated rings. The Balaban J connectivity index is 2.00. The van der Waals surface area contributed by atoms with Crippen molar-refractivity contribution in [2.45, 2.75) is 46.0 Å². The normalized spacial score (nSPS) is 14.6. The van der Waals surface area contributed by atoms with Crippen molar-refractivity contribution in [2.75, 3.05) is 13.7 Å². The summed E-state index contributed by atoms with van der Waals surface area (Å²) in [4.78, 5) is 13.7. The Morgan fingerprint density at radius 1 is 1.42 bits per heavy atom. The maximum absolute atomic E-state index is 12.0. The molecule has 1 amide bonds. The molecular weight excluding hydrogens is 246 g/mol. The summed E-state index contributed by atoms with van der Waals surface area (Å²) in [6.07, 6.45) is 1.54. The lowest BCUT2D eigenvalue weighted by molar-refractivity contribution is 0.0237. The minimum Gasteiger partial charge on any atom is -0.444 e. The van der Waals surface area contributed by atoms with Gasteiger partial charge in [0.2, 0.25) is 0 Å². The molecular formula is C13H21N3O3. The number of hydrogen-bond donors (Lipinski definition) is 0. The zero-order valence-corrected chi connectivity index (χ0v) is 12.0. The standard InChI is InChI=1S/C13H21N3O3/c1-13(2,3)19-12(17)15-8-10-7-14-16(5-6-18-4)11(10)9-15/h7H,5-6,8-9H2,1-4H3. The number of methoxy groups -OCH3 is 1. The molecule has 0 saturated heterocycles. The van der Waals surface area contributed by atoms with Gasteiger partial charge in [-0.15, -0.1) is 0 Å². The average Bonchev–Trinajstić information content (AvgIpc) is 2.84. The van der Waals surface area contributed by atoms with E-state index < -0.39 is 5.60 Å². The Kier molecular flexibility index (Phi) is 3.80. The molecule has 0 N–H and O–H groups in total. The third-order valence-corrected chi connectivity index (χ3v) is 2.90. The molecule has 1 aliphatic heterocycles. The van der Waals surface area contributed by atoms with E-state index in [9.17, 15) is 4.79 Å². The summed E-state index contributed by atoms with van der Waals surface area (Å²) in [5, 5.41) is 4.30. The molecule has 0 saturated carbocycles. The van der Waals surface area contributed by atoms with Gasteiger partial charge in [0.25, 0.3) is 0 Å². The molecule has 6 nitrogen and oxygen atoms in total. The lowest BCUT2D eigenvalue weighted by atomic mass is 10.2. The van der Waals surface area contributed by atoms with Gasteiger partial charge in [-0.1, -0.05) is 0 Å². The van der Waals surface area contributed by atoms with Crippen LogP contribution in [0.2, 0.25) is 0 Å². The summed E-state index contributed by atoms with van der Waals surface area (Å²) in [6, 6.07) is 0. The molecule has 0 atom stereocenters. The molecule has 0 spiro atoms. The summed E-state index contributed by atoms with van der Waals surface area (Å²) < 4.78 is 12.3. The quantitative estimate of drug-likeness (QED) is 0.837. The highest BCUT2D eigenvalue weighted by molar-refractivity contribution is 5.69. The van der Waals surface area contributed by atoms with Gasteiger partial charge in [-0.2, -0.15) is 5.10 Å². The fraction of sp³-hybridized carbons (Fsp3) is 0.692. The number of nitrogens with zero attached hydrogens (tertiary/aromatic N) is 3. The predicted octanol–water partition coefficient (Wildman–Crippen LogP) is 1.78. The first-order valence-electron chi connectivity index (χ1n) is 6.41. The van der Waals surface area contributed by atoms with Gasteiger partial charge in [0.1, 0.15) is 5.60 Å². The second kappa shape index (κ2) is 5.21. The van der Waals surface area contributed by atoms with Gasteiger partial charge in [0.05, 0.1) is 38.1 Å². The zero-order chi connectivity index (χ0) is 14.0. The van der Waals surface area contributed by atoms with E-state index in [0.29, 0.717) is 26.2 Å². The maximum Gasteiger partial charge on any atom is 0.410 e. The van der Waals surface area contributed by atoms with Crippen LogP contribution in [-0.4, -0.2) is 40.1 Å². The summed E-state index contributed by atoms with van der Waals surface area (Å²) in [6.45, 7) is 8.04. The molecule has 2 rings (SSSR count). The van der Waals surface area contributed by atoms with Crippen LogP contribution in [-0.2, 0) is 29.1 Å². The van der Waals surface area contributed by atoms with Crippen LogP contribution in [0.15, 0.2) is 6.20 Å². The van der Waals surface area contributed by atoms with E-state index >= 15 is 0 Å². The smallest absolute Gasteiger partial charge is 0.410 e. The van der Waals surface area contributed by atoms with Crippen molar-refractivity contribution in [3.63, 3.8) is 0 Å². The number of ether oxygens (including phenoxy) is 2. The van der Waals surface area contributed by atoms with Crippen molar-refractivity contribution in [3.05, 3.63) is 17.5 Å². The van der Waals surface area contributed by atoms with Crippen LogP contribution in [0.25, 0.3) is 0 Å². The lowest BCUT2D eigenvalue weighted by Crippen LogP contribution is -2.33. The van der Waals surface area contributed by atoms with Crippen molar-refractivity contribution in [3.8, 4) is 0 Å². The SMILES string of the molecule is COCCn1ncc2c1CN(C(=O)OC(C)(C)C)C2. The summed E-state index contributed by atoms with van der Waals surface area (Å²) in [7, 11) is 1.66. The first kappa shape index (κ1) is 13.9. The summed E-state index contributed by atoms with van der Waals surface area (Å²) in [5.41, 5.74) is 1.69. The fourth-order valence-corrected chi connectivity index (χ4v) is 2.03. The van der Waals surface area contributed by atoms with E-state index in [2.05, 4.69) is 5.10 Å². The molecule has 0 aromatic carbocycles. The summed E-state index contributed by atoms with van der Waals surface area (Å²) in [5.74, 6) is 0. The van der Waals surface area contributed by atoms with E-state index in [1.54, 1.807) is 12.0 Å². The van der Waals surface area contributed by atoms with Crippen LogP contribution in [0, 0.1) is 0 Å². The second-order valence-electron chi connectivity index (χ2n) is 5.67. The number of aromatic nitrogens is 2. The van der Waals surface area contributed by atoms with E-state index in [0.717, 1.165) is 11.3 Å². The molecule has 19 heavy (non-hydrogen) atoms. The van der Waals surface area contributed by atoms with Gasteiger partial charge < -0.3 is 9.47 Å². The van der Waals surface area contributed by atoms with Crippen LogP contribution in [0.4, 0.5) is 4.79 Å². The number of fused-ring (bicyclic) bond motifs is 1. The number of amides is 1. The highest BCUT2D eigenvalue weighted by Gasteiger charge is 2.30. The molecule has 6 heteroatoms. The zero-order valence-electron chi connectivity index (χ0n) is 12.0. The minimum absolute atomic E-state index is 0.276. The van der Waals surface area contributed by atoms with Gasteiger partial charge in [0.15, 0.2) is 0 Å². The highest BCUT2D eigenvalue weighted by atomic mass is 16.6. The van der Waals surface area contributed by atoms with E-state index in [1.807, 2.05) is 31.6 Å². The molecule has 1 aromatic rings. The fourth-order valence-electron chi connectivity index (χ4n) is 2.03. The van der Waals surface area contributed by atoms with Gasteiger partial charge >= 0.3 is 6.09 Å². The van der Waals surface area contributed by atoms with Crippen LogP contribution >= 0.6 is 0 Å². The van der Waals surface area contributed by atoms with E-state index in [1.165, 1.54) is 0 Å². The van der Waals surface area contributed by atoms with Crippen molar-refractivity contribution in [2.24, 2.45) is 0 Å². The molecule has 1 aliphatic rings. The third-order valence-electron chi connectivity index (χ3n) is 2.90. The molecule has 2 heterocycles. The maximum atomic E-state index is 12.0. The van der Waals surface area contributed by atoms with Crippen molar-refractivity contribution >= 4 is 6.09 Å². The van der Waals surface area contributed by atoms with Crippen LogP contribution < -0.4 is 0 Å². The van der Waals surface area contributed by atoms with Crippen molar-refractivity contribution in [1.82, 2.24) is 14.7 Å². The van der Waals surface area contributed by atoms with Crippen LogP contribution in [0.5, 0.6) is 0 Å². The lowest BCUT2D eigenvalue weighted by Gasteiger charge is -2.24. The van der Waals surface area contributed by atoms with Gasteiger partial charge in [-0.05, 0) is 20.8 Å². The van der Waals surface area contributed by atoms with Gasteiger partial charge in [0, 0.05) is 12.7 Å². The molecule has 0 radical (unpaired) electrons. The van der Waals surface area contributed by atoms with Crippen molar-refractivity contribution < 1.29 is 14.3 Å². The topological polar surface area (TPSA) is 56.6 Å². The van der Waals surface area contributed by atoms with E-state index in [4.69, 9.17) is 9.47 Å². The number of hydrogen-bond acceptors (Lipinski definition) is 4. The Morgan fingerprint density at radius 2 is 2.16 bits per heavy atom.